The molecular formula is C13H14FN. The minimum absolute atomic E-state index is 0.113. The maximum absolute atomic E-state index is 13.4. The number of hydrogen-bond donors (Lipinski definition) is 0. The van der Waals surface area contributed by atoms with E-state index in [9.17, 15) is 4.39 Å². The fraction of sp³-hybridized carbons (Fsp3) is 0.385. The minimum Gasteiger partial charge on any atom is -0.347 e. The first-order valence-corrected chi connectivity index (χ1v) is 5.58. The van der Waals surface area contributed by atoms with Gasteiger partial charge in [-0.3, -0.25) is 0 Å². The molecule has 1 nitrogen and oxygen atoms in total. The highest BCUT2D eigenvalue weighted by molar-refractivity contribution is 5.80. The topological polar surface area (TPSA) is 4.93 Å². The number of fused-ring (bicyclic) bond motifs is 1. The van der Waals surface area contributed by atoms with Crippen molar-refractivity contribution in [1.82, 2.24) is 4.57 Å². The van der Waals surface area contributed by atoms with Crippen molar-refractivity contribution in [3.8, 4) is 0 Å². The van der Waals surface area contributed by atoms with Crippen molar-refractivity contribution in [2.24, 2.45) is 5.92 Å². The summed E-state index contributed by atoms with van der Waals surface area (Å²) in [5.74, 6) is 0.814. The molecule has 1 aromatic heterocycles. The highest BCUT2D eigenvalue weighted by atomic mass is 19.1. The van der Waals surface area contributed by atoms with Crippen LogP contribution in [0.3, 0.4) is 0 Å². The van der Waals surface area contributed by atoms with Crippen molar-refractivity contribution in [3.63, 3.8) is 0 Å². The van der Waals surface area contributed by atoms with Crippen molar-refractivity contribution < 1.29 is 4.39 Å². The predicted molar refractivity (Wildman–Crippen MR) is 59.2 cm³/mol. The first-order valence-electron chi connectivity index (χ1n) is 5.58. The summed E-state index contributed by atoms with van der Waals surface area (Å²) >= 11 is 0. The first-order chi connectivity index (χ1) is 7.34. The molecule has 0 unspecified atom stereocenters. The van der Waals surface area contributed by atoms with Crippen molar-refractivity contribution in [3.05, 3.63) is 36.3 Å². The third kappa shape index (κ3) is 1.65. The van der Waals surface area contributed by atoms with Crippen molar-refractivity contribution in [1.29, 1.82) is 0 Å². The Balaban J connectivity index is 1.92. The summed E-state index contributed by atoms with van der Waals surface area (Å²) in [6.07, 6.45) is 6.00. The fourth-order valence-corrected chi connectivity index (χ4v) is 2.11. The lowest BCUT2D eigenvalue weighted by Crippen LogP contribution is -1.96. The molecule has 0 saturated heterocycles. The molecule has 0 atom stereocenters. The molecule has 15 heavy (non-hydrogen) atoms. The molecule has 78 valence electrons. The van der Waals surface area contributed by atoms with Crippen LogP contribution < -0.4 is 0 Å². The van der Waals surface area contributed by atoms with Gasteiger partial charge in [0, 0.05) is 18.1 Å². The van der Waals surface area contributed by atoms with Gasteiger partial charge in [-0.1, -0.05) is 18.9 Å². The van der Waals surface area contributed by atoms with Crippen molar-refractivity contribution in [2.45, 2.75) is 25.8 Å². The SMILES string of the molecule is Fc1cccc2c1ccn2CCC1CC1. The number of benzene rings is 1. The number of halogens is 1. The molecule has 1 aromatic carbocycles. The second-order valence-electron chi connectivity index (χ2n) is 4.41. The zero-order valence-corrected chi connectivity index (χ0v) is 8.62. The quantitative estimate of drug-likeness (QED) is 0.718. The van der Waals surface area contributed by atoms with E-state index in [1.165, 1.54) is 25.3 Å². The summed E-state index contributed by atoms with van der Waals surface area (Å²) in [5, 5.41) is 0.744. The molecule has 0 radical (unpaired) electrons. The smallest absolute Gasteiger partial charge is 0.132 e. The Morgan fingerprint density at radius 2 is 2.13 bits per heavy atom. The van der Waals surface area contributed by atoms with Gasteiger partial charge in [0.25, 0.3) is 0 Å². The molecule has 0 amide bonds. The van der Waals surface area contributed by atoms with Gasteiger partial charge in [0.1, 0.15) is 5.82 Å². The number of aromatic nitrogens is 1. The maximum Gasteiger partial charge on any atom is 0.132 e. The molecule has 3 rings (SSSR count). The largest absolute Gasteiger partial charge is 0.347 e. The monoisotopic (exact) mass is 203 g/mol. The molecule has 2 heteroatoms. The van der Waals surface area contributed by atoms with Gasteiger partial charge in [-0.05, 0) is 30.5 Å². The Morgan fingerprint density at radius 3 is 2.93 bits per heavy atom. The molecule has 0 spiro atoms. The lowest BCUT2D eigenvalue weighted by atomic mass is 10.2. The summed E-state index contributed by atoms with van der Waals surface area (Å²) in [5.41, 5.74) is 1.02. The van der Waals surface area contributed by atoms with E-state index in [2.05, 4.69) is 4.57 Å². The average Bonchev–Trinajstić information content (AvgIpc) is 2.97. The summed E-state index contributed by atoms with van der Waals surface area (Å²) in [6, 6.07) is 7.17. The van der Waals surface area contributed by atoms with E-state index in [1.807, 2.05) is 18.3 Å². The zero-order valence-electron chi connectivity index (χ0n) is 8.62. The molecule has 0 bridgehead atoms. The van der Waals surface area contributed by atoms with Crippen molar-refractivity contribution in [2.75, 3.05) is 0 Å². The Kier molecular flexibility index (Phi) is 2.01. The molecule has 1 saturated carbocycles. The second-order valence-corrected chi connectivity index (χ2v) is 4.41. The van der Waals surface area contributed by atoms with E-state index in [0.29, 0.717) is 0 Å². The maximum atomic E-state index is 13.4. The van der Waals surface area contributed by atoms with Crippen LogP contribution in [0, 0.1) is 11.7 Å². The van der Waals surface area contributed by atoms with Crippen LogP contribution >= 0.6 is 0 Å². The van der Waals surface area contributed by atoms with E-state index in [0.717, 1.165) is 23.4 Å². The van der Waals surface area contributed by atoms with Crippen LogP contribution in [0.5, 0.6) is 0 Å². The van der Waals surface area contributed by atoms with Crippen LogP contribution in [0.1, 0.15) is 19.3 Å². The van der Waals surface area contributed by atoms with Crippen LogP contribution in [0.2, 0.25) is 0 Å². The Labute approximate surface area is 88.5 Å². The Morgan fingerprint density at radius 1 is 1.27 bits per heavy atom. The second kappa shape index (κ2) is 3.37. The van der Waals surface area contributed by atoms with E-state index in [4.69, 9.17) is 0 Å². The van der Waals surface area contributed by atoms with Crippen LogP contribution in [-0.4, -0.2) is 4.57 Å². The third-order valence-electron chi connectivity index (χ3n) is 3.24. The van der Waals surface area contributed by atoms with Crippen LogP contribution in [0.4, 0.5) is 4.39 Å². The van der Waals surface area contributed by atoms with Gasteiger partial charge in [-0.15, -0.1) is 0 Å². The zero-order chi connectivity index (χ0) is 10.3. The van der Waals surface area contributed by atoms with E-state index >= 15 is 0 Å². The highest BCUT2D eigenvalue weighted by Gasteiger charge is 2.20. The van der Waals surface area contributed by atoms with Crippen LogP contribution in [0.15, 0.2) is 30.5 Å². The Hall–Kier alpha value is -1.31. The predicted octanol–water partition coefficient (Wildman–Crippen LogP) is 3.58. The molecule has 0 N–H and O–H groups in total. The molecule has 0 aliphatic heterocycles. The molecule has 1 fully saturated rings. The van der Waals surface area contributed by atoms with E-state index < -0.39 is 0 Å². The van der Waals surface area contributed by atoms with Gasteiger partial charge >= 0.3 is 0 Å². The summed E-state index contributed by atoms with van der Waals surface area (Å²) < 4.78 is 15.6. The number of hydrogen-bond acceptors (Lipinski definition) is 0. The lowest BCUT2D eigenvalue weighted by molar-refractivity contribution is 0.610. The molecule has 1 aliphatic carbocycles. The lowest BCUT2D eigenvalue weighted by Gasteiger charge is -2.04. The summed E-state index contributed by atoms with van der Waals surface area (Å²) in [4.78, 5) is 0. The fourth-order valence-electron chi connectivity index (χ4n) is 2.11. The summed E-state index contributed by atoms with van der Waals surface area (Å²) in [6.45, 7) is 1.03. The highest BCUT2D eigenvalue weighted by Crippen LogP contribution is 2.33. The molecule has 2 aromatic rings. The molecular weight excluding hydrogens is 189 g/mol. The Bertz CT molecular complexity index is 482. The van der Waals surface area contributed by atoms with E-state index in [1.54, 1.807) is 6.07 Å². The number of rotatable bonds is 3. The van der Waals surface area contributed by atoms with Crippen LogP contribution in [-0.2, 0) is 6.54 Å². The standard InChI is InChI=1S/C13H14FN/c14-12-2-1-3-13-11(12)7-9-15(13)8-6-10-4-5-10/h1-3,7,9-10H,4-6,8H2. The van der Waals surface area contributed by atoms with Gasteiger partial charge < -0.3 is 4.57 Å². The van der Waals surface area contributed by atoms with Gasteiger partial charge in [0.05, 0.1) is 5.52 Å². The first kappa shape index (κ1) is 8.96. The number of aryl methyl sites for hydroxylation is 1. The molecule has 1 heterocycles. The number of nitrogens with zero attached hydrogens (tertiary/aromatic N) is 1. The van der Waals surface area contributed by atoms with Crippen molar-refractivity contribution >= 4 is 10.9 Å². The van der Waals surface area contributed by atoms with E-state index in [-0.39, 0.29) is 5.82 Å². The minimum atomic E-state index is -0.113. The van der Waals surface area contributed by atoms with Gasteiger partial charge in [0.2, 0.25) is 0 Å². The normalized spacial score (nSPS) is 16.1. The average molecular weight is 203 g/mol. The van der Waals surface area contributed by atoms with Gasteiger partial charge in [-0.25, -0.2) is 4.39 Å². The third-order valence-corrected chi connectivity index (χ3v) is 3.24. The summed E-state index contributed by atoms with van der Waals surface area (Å²) in [7, 11) is 0. The van der Waals surface area contributed by atoms with Gasteiger partial charge in [-0.2, -0.15) is 0 Å². The molecule has 1 aliphatic rings. The van der Waals surface area contributed by atoms with Crippen LogP contribution in [0.25, 0.3) is 10.9 Å². The van der Waals surface area contributed by atoms with Gasteiger partial charge in [0.15, 0.2) is 0 Å².